The van der Waals surface area contributed by atoms with E-state index in [0.29, 0.717) is 0 Å². The number of rotatable bonds is 9. The molecule has 3 aromatic carbocycles. The van der Waals surface area contributed by atoms with Gasteiger partial charge in [0.2, 0.25) is 0 Å². The number of aryl methyl sites for hydroxylation is 3. The van der Waals surface area contributed by atoms with Crippen LogP contribution in [0.15, 0.2) is 77.7 Å². The molecule has 178 valence electrons. The third-order valence-electron chi connectivity index (χ3n) is 6.33. The molecule has 1 saturated heterocycles. The van der Waals surface area contributed by atoms with Crippen LogP contribution in [0.5, 0.6) is 0 Å². The van der Waals surface area contributed by atoms with Gasteiger partial charge in [0.05, 0.1) is 11.3 Å². The summed E-state index contributed by atoms with van der Waals surface area (Å²) in [5.74, 6) is -0.810. The fourth-order valence-electron chi connectivity index (χ4n) is 4.38. The molecule has 1 fully saturated rings. The van der Waals surface area contributed by atoms with Gasteiger partial charge in [-0.25, -0.2) is 8.51 Å². The molecule has 0 amide bonds. The summed E-state index contributed by atoms with van der Waals surface area (Å²) in [5.41, 5.74) is 5.77. The summed E-state index contributed by atoms with van der Waals surface area (Å²) >= 11 is 0. The highest BCUT2D eigenvalue weighted by atomic mass is 32.2. The minimum atomic E-state index is -1.14. The fraction of sp³-hybridized carbons (Fsp3) is 0.321. The minimum absolute atomic E-state index is 0.0370. The molecule has 34 heavy (non-hydrogen) atoms. The zero-order valence-electron chi connectivity index (χ0n) is 19.7. The largest absolute Gasteiger partial charge is 0.481 e. The molecular formula is C28H32N2O3S. The van der Waals surface area contributed by atoms with E-state index in [9.17, 15) is 14.1 Å². The van der Waals surface area contributed by atoms with Crippen molar-refractivity contribution >= 4 is 17.0 Å². The Morgan fingerprint density at radius 3 is 2.24 bits per heavy atom. The van der Waals surface area contributed by atoms with Gasteiger partial charge in [-0.15, -0.1) is 0 Å². The third kappa shape index (κ3) is 6.63. The van der Waals surface area contributed by atoms with Gasteiger partial charge in [-0.2, -0.15) is 0 Å². The van der Waals surface area contributed by atoms with E-state index in [1.807, 2.05) is 47.6 Å². The number of piperazine rings is 1. The lowest BCUT2D eigenvalue weighted by Gasteiger charge is -2.34. The molecule has 0 spiro atoms. The second-order valence-electron chi connectivity index (χ2n) is 8.93. The number of carboxylic acids is 1. The summed E-state index contributed by atoms with van der Waals surface area (Å²) in [5, 5.41) is 9.25. The smallest absolute Gasteiger partial charge is 0.307 e. The second kappa shape index (κ2) is 11.6. The lowest BCUT2D eigenvalue weighted by Crippen LogP contribution is -2.46. The summed E-state index contributed by atoms with van der Waals surface area (Å²) in [4.78, 5) is 14.5. The first-order chi connectivity index (χ1) is 16.5. The standard InChI is InChI=1S/C28H32N2O3S/c1-22-7-13-27(14-8-22)34(33)30-17-15-29(16-18-30)21-26-19-24(20-28(31)32)10-12-25(26)11-9-23-5-3-2-4-6-23/h2-8,10,12-14,19H,9,11,15-18,20-21H2,1H3,(H,31,32). The van der Waals surface area contributed by atoms with Crippen molar-refractivity contribution in [1.29, 1.82) is 0 Å². The molecule has 6 heteroatoms. The van der Waals surface area contributed by atoms with Crippen LogP contribution in [0.25, 0.3) is 0 Å². The van der Waals surface area contributed by atoms with Crippen LogP contribution in [0.2, 0.25) is 0 Å². The number of hydrogen-bond donors (Lipinski definition) is 1. The first-order valence-corrected chi connectivity index (χ1v) is 12.9. The monoisotopic (exact) mass is 476 g/mol. The molecule has 1 aliphatic rings. The summed E-state index contributed by atoms with van der Waals surface area (Å²) < 4.78 is 15.0. The molecule has 1 N–H and O–H groups in total. The summed E-state index contributed by atoms with van der Waals surface area (Å²) in [6.45, 7) is 5.97. The summed E-state index contributed by atoms with van der Waals surface area (Å²) in [6, 6.07) is 24.5. The van der Waals surface area contributed by atoms with E-state index in [1.165, 1.54) is 22.3 Å². The van der Waals surface area contributed by atoms with Crippen molar-refractivity contribution in [2.75, 3.05) is 26.2 Å². The number of benzene rings is 3. The van der Waals surface area contributed by atoms with Crippen LogP contribution in [-0.2, 0) is 41.6 Å². The molecule has 0 aliphatic carbocycles. The number of nitrogens with zero attached hydrogens (tertiary/aromatic N) is 2. The molecule has 0 saturated carbocycles. The van der Waals surface area contributed by atoms with Crippen molar-refractivity contribution in [2.24, 2.45) is 0 Å². The Morgan fingerprint density at radius 1 is 0.853 bits per heavy atom. The van der Waals surface area contributed by atoms with Crippen molar-refractivity contribution in [3.8, 4) is 0 Å². The highest BCUT2D eigenvalue weighted by Gasteiger charge is 2.23. The van der Waals surface area contributed by atoms with Crippen LogP contribution in [0.3, 0.4) is 0 Å². The highest BCUT2D eigenvalue weighted by Crippen LogP contribution is 2.20. The normalized spacial score (nSPS) is 15.8. The van der Waals surface area contributed by atoms with Gasteiger partial charge >= 0.3 is 5.97 Å². The summed E-state index contributed by atoms with van der Waals surface area (Å²) in [7, 11) is -1.14. The van der Waals surface area contributed by atoms with E-state index in [4.69, 9.17) is 0 Å². The van der Waals surface area contributed by atoms with Gasteiger partial charge in [0, 0.05) is 32.7 Å². The van der Waals surface area contributed by atoms with Gasteiger partial charge in [0.1, 0.15) is 11.0 Å². The molecule has 0 aromatic heterocycles. The fourth-order valence-corrected chi connectivity index (χ4v) is 5.54. The van der Waals surface area contributed by atoms with E-state index in [2.05, 4.69) is 41.3 Å². The second-order valence-corrected chi connectivity index (χ2v) is 10.4. The van der Waals surface area contributed by atoms with Crippen LogP contribution in [-0.4, -0.2) is 50.7 Å². The average Bonchev–Trinajstić information content (AvgIpc) is 2.84. The first kappa shape index (κ1) is 24.3. The van der Waals surface area contributed by atoms with Crippen LogP contribution in [0, 0.1) is 6.92 Å². The zero-order valence-corrected chi connectivity index (χ0v) is 20.5. The van der Waals surface area contributed by atoms with Gasteiger partial charge in [0.15, 0.2) is 0 Å². The lowest BCUT2D eigenvalue weighted by molar-refractivity contribution is -0.136. The molecule has 1 aliphatic heterocycles. The molecule has 4 rings (SSSR count). The molecular weight excluding hydrogens is 444 g/mol. The molecule has 0 radical (unpaired) electrons. The maximum Gasteiger partial charge on any atom is 0.307 e. The van der Waals surface area contributed by atoms with E-state index in [1.54, 1.807) is 0 Å². The van der Waals surface area contributed by atoms with Gasteiger partial charge in [-0.1, -0.05) is 66.2 Å². The van der Waals surface area contributed by atoms with Crippen LogP contribution in [0.4, 0.5) is 0 Å². The Hall–Kier alpha value is -2.80. The van der Waals surface area contributed by atoms with Gasteiger partial charge in [-0.05, 0) is 54.2 Å². The summed E-state index contributed by atoms with van der Waals surface area (Å²) in [6.07, 6.45) is 1.91. The quantitative estimate of drug-likeness (QED) is 0.502. The Kier molecular flexibility index (Phi) is 8.27. The van der Waals surface area contributed by atoms with Gasteiger partial charge in [-0.3, -0.25) is 9.69 Å². The third-order valence-corrected chi connectivity index (χ3v) is 7.84. The van der Waals surface area contributed by atoms with E-state index in [-0.39, 0.29) is 6.42 Å². The lowest BCUT2D eigenvalue weighted by atomic mass is 9.96. The maximum absolute atomic E-state index is 13.0. The van der Waals surface area contributed by atoms with Gasteiger partial charge < -0.3 is 5.11 Å². The zero-order chi connectivity index (χ0) is 23.9. The van der Waals surface area contributed by atoms with Crippen LogP contribution < -0.4 is 0 Å². The Balaban J connectivity index is 1.41. The number of hydrogen-bond acceptors (Lipinski definition) is 3. The number of carboxylic acid groups (broad SMARTS) is 1. The Bertz CT molecular complexity index is 1120. The average molecular weight is 477 g/mol. The molecule has 0 bridgehead atoms. The van der Waals surface area contributed by atoms with Crippen LogP contribution in [0.1, 0.15) is 27.8 Å². The predicted octanol–water partition coefficient (Wildman–Crippen LogP) is 4.25. The van der Waals surface area contributed by atoms with Crippen molar-refractivity contribution in [1.82, 2.24) is 9.21 Å². The Labute approximate surface area is 204 Å². The van der Waals surface area contributed by atoms with Gasteiger partial charge in [0.25, 0.3) is 0 Å². The van der Waals surface area contributed by atoms with E-state index in [0.717, 1.165) is 56.0 Å². The van der Waals surface area contributed by atoms with Crippen molar-refractivity contribution < 1.29 is 14.1 Å². The highest BCUT2D eigenvalue weighted by molar-refractivity contribution is 7.82. The molecule has 1 atom stereocenters. The topological polar surface area (TPSA) is 60.9 Å². The molecule has 1 unspecified atom stereocenters. The van der Waals surface area contributed by atoms with Crippen LogP contribution >= 0.6 is 0 Å². The Morgan fingerprint density at radius 2 is 1.56 bits per heavy atom. The maximum atomic E-state index is 13.0. The minimum Gasteiger partial charge on any atom is -0.481 e. The molecule has 3 aromatic rings. The van der Waals surface area contributed by atoms with Crippen molar-refractivity contribution in [3.63, 3.8) is 0 Å². The van der Waals surface area contributed by atoms with E-state index < -0.39 is 17.0 Å². The number of carbonyl (C=O) groups is 1. The predicted molar refractivity (Wildman–Crippen MR) is 136 cm³/mol. The molecule has 1 heterocycles. The van der Waals surface area contributed by atoms with Crippen molar-refractivity contribution in [2.45, 2.75) is 37.6 Å². The molecule has 5 nitrogen and oxygen atoms in total. The number of aliphatic carboxylic acids is 1. The van der Waals surface area contributed by atoms with E-state index >= 15 is 0 Å². The first-order valence-electron chi connectivity index (χ1n) is 11.8. The van der Waals surface area contributed by atoms with Crippen molar-refractivity contribution in [3.05, 3.63) is 101 Å². The SMILES string of the molecule is Cc1ccc(S(=O)N2CCN(Cc3cc(CC(=O)O)ccc3CCc3ccccc3)CC2)cc1.